The maximum absolute atomic E-state index is 14.8. The Balaban J connectivity index is 1.29. The van der Waals surface area contributed by atoms with Gasteiger partial charge >= 0.3 is 5.69 Å². The molecule has 0 radical (unpaired) electrons. The summed E-state index contributed by atoms with van der Waals surface area (Å²) in [5.41, 5.74) is -0.297. The minimum absolute atomic E-state index is 0.0488. The normalized spacial score (nSPS) is 14.0. The summed E-state index contributed by atoms with van der Waals surface area (Å²) in [6.45, 7) is 0. The molecule has 0 amide bonds. The van der Waals surface area contributed by atoms with Gasteiger partial charge in [0.25, 0.3) is 0 Å². The number of fused-ring (bicyclic) bond motifs is 1. The van der Waals surface area contributed by atoms with E-state index in [0.717, 1.165) is 0 Å². The number of halogens is 2. The van der Waals surface area contributed by atoms with Crippen LogP contribution in [0.1, 0.15) is 24.0 Å². The number of hydrogen-bond donors (Lipinski definition) is 1. The molecule has 1 fully saturated rings. The van der Waals surface area contributed by atoms with Crippen molar-refractivity contribution in [3.63, 3.8) is 0 Å². The van der Waals surface area contributed by atoms with Crippen LogP contribution in [-0.2, 0) is 22.4 Å². The van der Waals surface area contributed by atoms with Crippen LogP contribution in [0.15, 0.2) is 65.7 Å². The smallest absolute Gasteiger partial charge is 0.346 e. The summed E-state index contributed by atoms with van der Waals surface area (Å²) < 4.78 is 33.6. The number of aromatic amines is 1. The van der Waals surface area contributed by atoms with Gasteiger partial charge in [-0.3, -0.25) is 14.6 Å². The second-order valence-corrected chi connectivity index (χ2v) is 8.54. The van der Waals surface area contributed by atoms with Crippen molar-refractivity contribution in [1.29, 1.82) is 0 Å². The molecule has 2 heterocycles. The van der Waals surface area contributed by atoms with Crippen molar-refractivity contribution < 1.29 is 23.1 Å². The number of nitrogens with zero attached hydrogens (tertiary/aromatic N) is 2. The van der Waals surface area contributed by atoms with Crippen LogP contribution < -0.4 is 10.4 Å². The zero-order valence-corrected chi connectivity index (χ0v) is 18.4. The summed E-state index contributed by atoms with van der Waals surface area (Å²) >= 11 is 0. The number of aromatic nitrogens is 3. The Morgan fingerprint density at radius 3 is 2.29 bits per heavy atom. The molecule has 35 heavy (non-hydrogen) atoms. The third-order valence-corrected chi connectivity index (χ3v) is 6.16. The minimum Gasteiger partial charge on any atom is -0.453 e. The standard InChI is InChI=1S/C26H19F2N3O4/c27-17-4-1-15(2-5-17)12-22(32)26(8-9-26)23(33)13-16-3-6-21(19(28)11-16)35-20-7-10-29-24-18(20)14-30-25(34)31-24/h1-7,10-11,14H,8-9,12-13H2,(H,29,30,31,34). The number of benzene rings is 2. The Morgan fingerprint density at radius 1 is 0.914 bits per heavy atom. The van der Waals surface area contributed by atoms with Crippen LogP contribution in [0.4, 0.5) is 8.78 Å². The number of carbonyl (C=O) groups is 2. The van der Waals surface area contributed by atoms with E-state index in [4.69, 9.17) is 4.74 Å². The minimum atomic E-state index is -1.06. The van der Waals surface area contributed by atoms with Gasteiger partial charge in [-0.15, -0.1) is 0 Å². The largest absolute Gasteiger partial charge is 0.453 e. The number of ether oxygens (including phenoxy) is 1. The first-order valence-electron chi connectivity index (χ1n) is 11.0. The molecule has 0 spiro atoms. The van der Waals surface area contributed by atoms with E-state index in [2.05, 4.69) is 15.0 Å². The maximum Gasteiger partial charge on any atom is 0.346 e. The van der Waals surface area contributed by atoms with E-state index >= 15 is 0 Å². The van der Waals surface area contributed by atoms with E-state index in [1.165, 1.54) is 54.9 Å². The van der Waals surface area contributed by atoms with Gasteiger partial charge < -0.3 is 4.74 Å². The summed E-state index contributed by atoms with van der Waals surface area (Å²) in [7, 11) is 0. The fourth-order valence-corrected chi connectivity index (χ4v) is 4.03. The maximum atomic E-state index is 14.8. The second kappa shape index (κ2) is 8.83. The van der Waals surface area contributed by atoms with Gasteiger partial charge in [-0.2, -0.15) is 0 Å². The molecule has 9 heteroatoms. The molecule has 1 saturated carbocycles. The Kier molecular flexibility index (Phi) is 5.68. The van der Waals surface area contributed by atoms with E-state index in [9.17, 15) is 23.2 Å². The van der Waals surface area contributed by atoms with E-state index in [-0.39, 0.29) is 41.6 Å². The molecule has 0 saturated heterocycles. The Labute approximate surface area is 197 Å². The van der Waals surface area contributed by atoms with Gasteiger partial charge in [-0.25, -0.2) is 23.5 Å². The first-order chi connectivity index (χ1) is 16.8. The molecular formula is C26H19F2N3O4. The molecular weight excluding hydrogens is 456 g/mol. The van der Waals surface area contributed by atoms with Crippen molar-refractivity contribution in [1.82, 2.24) is 15.0 Å². The zero-order valence-electron chi connectivity index (χ0n) is 18.4. The molecule has 5 rings (SSSR count). The fraction of sp³-hybridized carbons (Fsp3) is 0.192. The molecule has 1 aliphatic carbocycles. The first kappa shape index (κ1) is 22.5. The highest BCUT2D eigenvalue weighted by Crippen LogP contribution is 2.49. The van der Waals surface area contributed by atoms with Gasteiger partial charge in [-0.1, -0.05) is 18.2 Å². The van der Waals surface area contributed by atoms with E-state index in [0.29, 0.717) is 29.4 Å². The summed E-state index contributed by atoms with van der Waals surface area (Å²) in [4.78, 5) is 47.3. The van der Waals surface area contributed by atoms with Crippen LogP contribution in [0.2, 0.25) is 0 Å². The number of H-pyrrole nitrogens is 1. The predicted octanol–water partition coefficient (Wildman–Crippen LogP) is 4.09. The molecule has 1 aliphatic rings. The van der Waals surface area contributed by atoms with Crippen LogP contribution in [0.25, 0.3) is 11.0 Å². The van der Waals surface area contributed by atoms with Gasteiger partial charge in [0.05, 0.1) is 10.8 Å². The Hall–Kier alpha value is -4.27. The number of Topliss-reactive ketones (excluding diaryl/α,β-unsaturated/α-hetero) is 2. The summed E-state index contributed by atoms with van der Waals surface area (Å²) in [5.74, 6) is -1.35. The molecule has 0 atom stereocenters. The lowest BCUT2D eigenvalue weighted by atomic mass is 9.88. The van der Waals surface area contributed by atoms with Crippen molar-refractivity contribution in [2.24, 2.45) is 5.41 Å². The zero-order chi connectivity index (χ0) is 24.6. The molecule has 0 bridgehead atoms. The van der Waals surface area contributed by atoms with Gasteiger partial charge in [0.1, 0.15) is 17.2 Å². The number of ketones is 2. The summed E-state index contributed by atoms with van der Waals surface area (Å²) in [6, 6.07) is 11.3. The quantitative estimate of drug-likeness (QED) is 0.385. The third kappa shape index (κ3) is 4.57. The highest BCUT2D eigenvalue weighted by molar-refractivity contribution is 6.10. The average Bonchev–Trinajstić information content (AvgIpc) is 3.65. The molecule has 0 unspecified atom stereocenters. The number of pyridine rings is 1. The third-order valence-electron chi connectivity index (χ3n) is 6.16. The predicted molar refractivity (Wildman–Crippen MR) is 122 cm³/mol. The topological polar surface area (TPSA) is 102 Å². The van der Waals surface area contributed by atoms with Crippen molar-refractivity contribution in [2.75, 3.05) is 0 Å². The average molecular weight is 475 g/mol. The number of nitrogens with one attached hydrogen (secondary N) is 1. The molecule has 0 aliphatic heterocycles. The van der Waals surface area contributed by atoms with Crippen LogP contribution in [-0.4, -0.2) is 26.5 Å². The van der Waals surface area contributed by atoms with Gasteiger partial charge in [0.2, 0.25) is 0 Å². The SMILES string of the molecule is O=C(Cc1ccc(F)cc1)C1(C(=O)Cc2ccc(Oc3ccnc4[nH]c(=O)ncc34)c(F)c2)CC1. The molecule has 2 aromatic carbocycles. The van der Waals surface area contributed by atoms with Crippen LogP contribution >= 0.6 is 0 Å². The van der Waals surface area contributed by atoms with Crippen molar-refractivity contribution in [3.05, 3.63) is 94.2 Å². The van der Waals surface area contributed by atoms with Crippen molar-refractivity contribution >= 4 is 22.6 Å². The lowest BCUT2D eigenvalue weighted by molar-refractivity contribution is -0.133. The van der Waals surface area contributed by atoms with Crippen molar-refractivity contribution in [3.8, 4) is 11.5 Å². The van der Waals surface area contributed by atoms with Crippen LogP contribution in [0.5, 0.6) is 11.5 Å². The number of rotatable bonds is 8. The lowest BCUT2D eigenvalue weighted by Gasteiger charge is -2.14. The van der Waals surface area contributed by atoms with Crippen molar-refractivity contribution in [2.45, 2.75) is 25.7 Å². The molecule has 4 aromatic rings. The van der Waals surface area contributed by atoms with Crippen LogP contribution in [0, 0.1) is 17.0 Å². The van der Waals surface area contributed by atoms with Gasteiger partial charge in [-0.05, 0) is 54.3 Å². The van der Waals surface area contributed by atoms with E-state index < -0.39 is 22.7 Å². The molecule has 176 valence electrons. The Bertz CT molecular complexity index is 1510. The van der Waals surface area contributed by atoms with Crippen LogP contribution in [0.3, 0.4) is 0 Å². The van der Waals surface area contributed by atoms with E-state index in [1.807, 2.05) is 0 Å². The summed E-state index contributed by atoms with van der Waals surface area (Å²) in [6.07, 6.45) is 3.58. The highest BCUT2D eigenvalue weighted by Gasteiger charge is 2.54. The Morgan fingerprint density at radius 2 is 1.60 bits per heavy atom. The molecule has 2 aromatic heterocycles. The number of hydrogen-bond acceptors (Lipinski definition) is 6. The number of carbonyl (C=O) groups excluding carboxylic acids is 2. The fourth-order valence-electron chi connectivity index (χ4n) is 4.03. The molecule has 1 N–H and O–H groups in total. The first-order valence-corrected chi connectivity index (χ1v) is 11.0. The van der Waals surface area contributed by atoms with Gasteiger partial charge in [0, 0.05) is 25.2 Å². The second-order valence-electron chi connectivity index (χ2n) is 8.54. The lowest BCUT2D eigenvalue weighted by Crippen LogP contribution is -2.28. The molecule has 7 nitrogen and oxygen atoms in total. The van der Waals surface area contributed by atoms with E-state index in [1.54, 1.807) is 6.07 Å². The monoisotopic (exact) mass is 475 g/mol. The van der Waals surface area contributed by atoms with Gasteiger partial charge in [0.15, 0.2) is 23.1 Å². The highest BCUT2D eigenvalue weighted by atomic mass is 19.1. The summed E-state index contributed by atoms with van der Waals surface area (Å²) in [5, 5.41) is 0.404.